The molecule has 1 heterocycles. The molecule has 0 radical (unpaired) electrons. The van der Waals surface area contributed by atoms with E-state index in [4.69, 9.17) is 13.9 Å². The Morgan fingerprint density at radius 2 is 1.90 bits per heavy atom. The Kier molecular flexibility index (Phi) is 10.5. The first-order valence-electron chi connectivity index (χ1n) is 11.6. The van der Waals surface area contributed by atoms with Crippen LogP contribution in [0, 0.1) is 17.8 Å². The second-order valence-corrected chi connectivity index (χ2v) is 15.2. The van der Waals surface area contributed by atoms with Gasteiger partial charge in [0.15, 0.2) is 8.32 Å². The highest BCUT2D eigenvalue weighted by Crippen LogP contribution is 2.40. The smallest absolute Gasteiger partial charge is 0.330 e. The Morgan fingerprint density at radius 1 is 1.27 bits per heavy atom. The molecule has 0 bridgehead atoms. The number of esters is 1. The van der Waals surface area contributed by atoms with Gasteiger partial charge in [0.2, 0.25) is 0 Å². The van der Waals surface area contributed by atoms with Gasteiger partial charge in [-0.15, -0.1) is 0 Å². The van der Waals surface area contributed by atoms with E-state index in [1.165, 1.54) is 0 Å². The van der Waals surface area contributed by atoms with Crippen molar-refractivity contribution in [3.05, 3.63) is 24.3 Å². The number of hydrogen-bond donors (Lipinski definition) is 0. The van der Waals surface area contributed by atoms with Crippen molar-refractivity contribution in [1.82, 2.24) is 0 Å². The fourth-order valence-electron chi connectivity index (χ4n) is 4.04. The van der Waals surface area contributed by atoms with E-state index in [0.29, 0.717) is 12.3 Å². The normalized spacial score (nSPS) is 24.5. The van der Waals surface area contributed by atoms with E-state index in [1.54, 1.807) is 13.2 Å². The van der Waals surface area contributed by atoms with Crippen molar-refractivity contribution in [3.63, 3.8) is 0 Å². The lowest BCUT2D eigenvalue weighted by atomic mass is 9.83. The van der Waals surface area contributed by atoms with Gasteiger partial charge in [0.05, 0.1) is 12.2 Å². The molecule has 0 aromatic heterocycles. The van der Waals surface area contributed by atoms with Crippen LogP contribution in [0.4, 0.5) is 0 Å². The van der Waals surface area contributed by atoms with Crippen molar-refractivity contribution < 1.29 is 18.7 Å². The average Bonchev–Trinajstić information content (AvgIpc) is 2.65. The van der Waals surface area contributed by atoms with Gasteiger partial charge in [-0.2, -0.15) is 0 Å². The summed E-state index contributed by atoms with van der Waals surface area (Å²) in [6.07, 6.45) is 10.4. The van der Waals surface area contributed by atoms with Crippen molar-refractivity contribution in [2.45, 2.75) is 104 Å². The fraction of sp³-hybridized carbons (Fsp3) is 0.800. The van der Waals surface area contributed by atoms with Crippen LogP contribution >= 0.6 is 0 Å². The van der Waals surface area contributed by atoms with Gasteiger partial charge in [-0.25, -0.2) is 4.79 Å². The van der Waals surface area contributed by atoms with Gasteiger partial charge < -0.3 is 13.9 Å². The first-order valence-corrected chi connectivity index (χ1v) is 14.5. The second kappa shape index (κ2) is 11.6. The Hall–Kier alpha value is -0.913. The quantitative estimate of drug-likeness (QED) is 0.209. The highest BCUT2D eigenvalue weighted by molar-refractivity contribution is 6.74. The maximum absolute atomic E-state index is 12.0. The number of allylic oxidation sites excluding steroid dienone is 2. The number of hydrogen-bond acceptors (Lipinski definition) is 4. The van der Waals surface area contributed by atoms with Crippen LogP contribution in [0.25, 0.3) is 0 Å². The summed E-state index contributed by atoms with van der Waals surface area (Å²) in [7, 11) is -0.211. The third kappa shape index (κ3) is 7.35. The number of ether oxygens (including phenoxy) is 2. The van der Waals surface area contributed by atoms with Crippen LogP contribution in [-0.2, 0) is 18.7 Å². The zero-order valence-electron chi connectivity index (χ0n) is 21.0. The van der Waals surface area contributed by atoms with Crippen LogP contribution in [0.3, 0.4) is 0 Å². The molecule has 0 fully saturated rings. The van der Waals surface area contributed by atoms with Gasteiger partial charge in [-0.3, -0.25) is 0 Å². The molecule has 174 valence electrons. The molecule has 1 aliphatic rings. The molecule has 0 spiro atoms. The van der Waals surface area contributed by atoms with Gasteiger partial charge >= 0.3 is 5.97 Å². The van der Waals surface area contributed by atoms with Crippen LogP contribution in [-0.4, -0.2) is 39.7 Å². The van der Waals surface area contributed by atoms with Gasteiger partial charge in [-0.1, -0.05) is 59.8 Å². The summed E-state index contributed by atoms with van der Waals surface area (Å²) in [6.45, 7) is 20.1. The summed E-state index contributed by atoms with van der Waals surface area (Å²) in [6, 6.07) is 0. The van der Waals surface area contributed by atoms with Gasteiger partial charge in [0, 0.05) is 31.4 Å². The molecule has 0 amide bonds. The number of methoxy groups -OCH3 is 1. The SMILES string of the molecule is C/C=C/C[C@H](C)[C@@H](OC)[C@@H](C)[C@@H](C[C@H]1OC(=O)C=C[C@H]1CC)O[Si](C)(C)C(C)(C)C. The minimum absolute atomic E-state index is 0.0257. The number of carbonyl (C=O) groups is 1. The van der Waals surface area contributed by atoms with E-state index in [1.807, 2.05) is 6.08 Å². The molecule has 1 rings (SSSR count). The van der Waals surface area contributed by atoms with Crippen molar-refractivity contribution in [2.24, 2.45) is 17.8 Å². The highest BCUT2D eigenvalue weighted by atomic mass is 28.4. The van der Waals surface area contributed by atoms with Crippen molar-refractivity contribution in [2.75, 3.05) is 7.11 Å². The van der Waals surface area contributed by atoms with Gasteiger partial charge in [0.25, 0.3) is 0 Å². The van der Waals surface area contributed by atoms with Crippen molar-refractivity contribution in [1.29, 1.82) is 0 Å². The Balaban J connectivity index is 3.18. The lowest BCUT2D eigenvalue weighted by Gasteiger charge is -2.44. The predicted octanol–water partition coefficient (Wildman–Crippen LogP) is 6.53. The summed E-state index contributed by atoms with van der Waals surface area (Å²) in [5.74, 6) is 0.559. The van der Waals surface area contributed by atoms with E-state index in [9.17, 15) is 4.79 Å². The van der Waals surface area contributed by atoms with E-state index in [0.717, 1.165) is 12.8 Å². The molecule has 5 heteroatoms. The third-order valence-corrected chi connectivity index (χ3v) is 11.6. The first kappa shape index (κ1) is 27.1. The molecule has 0 unspecified atom stereocenters. The van der Waals surface area contributed by atoms with Crippen LogP contribution in [0.1, 0.15) is 67.7 Å². The topological polar surface area (TPSA) is 44.8 Å². The van der Waals surface area contributed by atoms with E-state index in [-0.39, 0.29) is 41.2 Å². The number of rotatable bonds is 11. The molecule has 0 saturated carbocycles. The molecule has 6 atom stereocenters. The van der Waals surface area contributed by atoms with Crippen LogP contribution in [0.5, 0.6) is 0 Å². The average molecular weight is 439 g/mol. The number of carbonyl (C=O) groups excluding carboxylic acids is 1. The zero-order chi connectivity index (χ0) is 23.1. The molecular formula is C25H46O4Si. The molecule has 0 saturated heterocycles. The summed E-state index contributed by atoms with van der Waals surface area (Å²) in [5.41, 5.74) is 0. The minimum Gasteiger partial charge on any atom is -0.458 e. The van der Waals surface area contributed by atoms with Crippen LogP contribution in [0.2, 0.25) is 18.1 Å². The van der Waals surface area contributed by atoms with Crippen LogP contribution in [0.15, 0.2) is 24.3 Å². The fourth-order valence-corrected chi connectivity index (χ4v) is 5.46. The zero-order valence-corrected chi connectivity index (χ0v) is 22.0. The molecule has 0 aromatic carbocycles. The second-order valence-electron chi connectivity index (χ2n) is 10.4. The lowest BCUT2D eigenvalue weighted by Crippen LogP contribution is -2.49. The third-order valence-electron chi connectivity index (χ3n) is 7.09. The van der Waals surface area contributed by atoms with E-state index in [2.05, 4.69) is 73.7 Å². The first-order chi connectivity index (χ1) is 13.9. The largest absolute Gasteiger partial charge is 0.458 e. The van der Waals surface area contributed by atoms with Crippen molar-refractivity contribution in [3.8, 4) is 0 Å². The Morgan fingerprint density at radius 3 is 2.40 bits per heavy atom. The van der Waals surface area contributed by atoms with Gasteiger partial charge in [-0.05, 0) is 43.8 Å². The monoisotopic (exact) mass is 438 g/mol. The lowest BCUT2D eigenvalue weighted by molar-refractivity contribution is -0.149. The molecule has 4 nitrogen and oxygen atoms in total. The summed E-state index contributed by atoms with van der Waals surface area (Å²) in [5, 5.41) is 0.109. The molecular weight excluding hydrogens is 392 g/mol. The van der Waals surface area contributed by atoms with Crippen LogP contribution < -0.4 is 0 Å². The maximum atomic E-state index is 12.0. The Bertz CT molecular complexity index is 590. The summed E-state index contributed by atoms with van der Waals surface area (Å²) < 4.78 is 18.7. The standard InChI is InChI=1S/C25H46O4Si/c1-11-13-14-18(3)24(27-8)19(4)21(29-30(9,10)25(5,6)7)17-22-20(12-2)15-16-23(26)28-22/h11,13,15-16,18-22,24H,12,14,17H2,1-10H3/b13-11+/t18-,19-,20+,21+,22+,24+/m0/s1. The maximum Gasteiger partial charge on any atom is 0.330 e. The molecule has 0 aromatic rings. The molecule has 0 aliphatic carbocycles. The van der Waals surface area contributed by atoms with Crippen molar-refractivity contribution >= 4 is 14.3 Å². The van der Waals surface area contributed by atoms with E-state index < -0.39 is 8.32 Å². The highest BCUT2D eigenvalue weighted by Gasteiger charge is 2.43. The Labute approximate surface area is 186 Å². The van der Waals surface area contributed by atoms with E-state index >= 15 is 0 Å². The summed E-state index contributed by atoms with van der Waals surface area (Å²) in [4.78, 5) is 12.0. The minimum atomic E-state index is -2.01. The summed E-state index contributed by atoms with van der Waals surface area (Å²) >= 11 is 0. The van der Waals surface area contributed by atoms with Gasteiger partial charge in [0.1, 0.15) is 6.10 Å². The molecule has 30 heavy (non-hydrogen) atoms. The molecule has 0 N–H and O–H groups in total. The molecule has 1 aliphatic heterocycles. The number of cyclic esters (lactones) is 1. The predicted molar refractivity (Wildman–Crippen MR) is 128 cm³/mol.